The van der Waals surface area contributed by atoms with Crippen LogP contribution < -0.4 is 9.46 Å². The van der Waals surface area contributed by atoms with Crippen molar-refractivity contribution in [1.29, 1.82) is 0 Å². The van der Waals surface area contributed by atoms with Crippen LogP contribution in [0.2, 0.25) is 0 Å². The Morgan fingerprint density at radius 1 is 1.47 bits per heavy atom. The average Bonchev–Trinajstić information content (AvgIpc) is 2.15. The van der Waals surface area contributed by atoms with Gasteiger partial charge in [0.15, 0.2) is 11.6 Å². The van der Waals surface area contributed by atoms with Crippen LogP contribution >= 0.6 is 15.9 Å². The predicted octanol–water partition coefficient (Wildman–Crippen LogP) is 2.75. The molecule has 7 heteroatoms. The van der Waals surface area contributed by atoms with Gasteiger partial charge in [-0.25, -0.2) is 12.8 Å². The first kappa shape index (κ1) is 14.2. The number of anilines is 1. The molecule has 0 saturated carbocycles. The Kier molecular flexibility index (Phi) is 4.76. The third-order valence-electron chi connectivity index (χ3n) is 1.95. The fourth-order valence-corrected chi connectivity index (χ4v) is 2.89. The van der Waals surface area contributed by atoms with Gasteiger partial charge in [-0.1, -0.05) is 22.9 Å². The molecule has 0 atom stereocenters. The molecule has 4 nitrogen and oxygen atoms in total. The summed E-state index contributed by atoms with van der Waals surface area (Å²) in [6.07, 6.45) is 0.480. The molecule has 1 N–H and O–H groups in total. The number of sulfonamides is 1. The zero-order valence-electron chi connectivity index (χ0n) is 9.46. The van der Waals surface area contributed by atoms with Crippen LogP contribution in [0.1, 0.15) is 13.3 Å². The lowest BCUT2D eigenvalue weighted by Gasteiger charge is -2.12. The molecule has 1 aromatic carbocycles. The summed E-state index contributed by atoms with van der Waals surface area (Å²) in [4.78, 5) is 0. The number of hydrogen-bond acceptors (Lipinski definition) is 3. The van der Waals surface area contributed by atoms with Gasteiger partial charge in [-0.15, -0.1) is 0 Å². The number of halogens is 2. The molecule has 0 fully saturated rings. The standard InChI is InChI=1S/C10H13BrFNO3S/c1-3-4-17(14,15)13-9-6-7(11)5-8(12)10(9)16-2/h5-6,13H,3-4H2,1-2H3. The second-order valence-corrected chi connectivity index (χ2v) is 6.15. The summed E-state index contributed by atoms with van der Waals surface area (Å²) in [7, 11) is -2.19. The Labute approximate surface area is 108 Å². The molecule has 96 valence electrons. The van der Waals surface area contributed by atoms with Crippen molar-refractivity contribution in [1.82, 2.24) is 0 Å². The van der Waals surface area contributed by atoms with E-state index in [-0.39, 0.29) is 17.2 Å². The number of hydrogen-bond donors (Lipinski definition) is 1. The summed E-state index contributed by atoms with van der Waals surface area (Å²) in [5.74, 6) is -0.770. The van der Waals surface area contributed by atoms with E-state index in [9.17, 15) is 12.8 Å². The Balaban J connectivity index is 3.14. The fourth-order valence-electron chi connectivity index (χ4n) is 1.33. The van der Waals surface area contributed by atoms with Gasteiger partial charge in [0.2, 0.25) is 10.0 Å². The monoisotopic (exact) mass is 325 g/mol. The first-order valence-electron chi connectivity index (χ1n) is 4.93. The molecule has 0 amide bonds. The molecule has 0 aliphatic rings. The molecule has 0 spiro atoms. The Hall–Kier alpha value is -0.820. The maximum atomic E-state index is 13.5. The Morgan fingerprint density at radius 2 is 2.12 bits per heavy atom. The molecule has 0 unspecified atom stereocenters. The molecule has 1 aromatic rings. The van der Waals surface area contributed by atoms with Crippen molar-refractivity contribution in [2.24, 2.45) is 0 Å². The minimum atomic E-state index is -3.47. The van der Waals surface area contributed by atoms with Gasteiger partial charge in [-0.05, 0) is 18.6 Å². The molecule has 17 heavy (non-hydrogen) atoms. The topological polar surface area (TPSA) is 55.4 Å². The van der Waals surface area contributed by atoms with Crippen LogP contribution in [0.25, 0.3) is 0 Å². The number of nitrogens with one attached hydrogen (secondary N) is 1. The van der Waals surface area contributed by atoms with Gasteiger partial charge in [0.05, 0.1) is 18.6 Å². The van der Waals surface area contributed by atoms with Crippen molar-refractivity contribution in [3.8, 4) is 5.75 Å². The molecule has 0 aromatic heterocycles. The zero-order valence-corrected chi connectivity index (χ0v) is 11.9. The van der Waals surface area contributed by atoms with Crippen molar-refractivity contribution >= 4 is 31.6 Å². The summed E-state index contributed by atoms with van der Waals surface area (Å²) in [5, 5.41) is 0. The number of ether oxygens (including phenoxy) is 1. The quantitative estimate of drug-likeness (QED) is 0.905. The zero-order chi connectivity index (χ0) is 13.1. The van der Waals surface area contributed by atoms with Crippen molar-refractivity contribution in [2.45, 2.75) is 13.3 Å². The lowest BCUT2D eigenvalue weighted by atomic mass is 10.3. The predicted molar refractivity (Wildman–Crippen MR) is 68.4 cm³/mol. The Bertz CT molecular complexity index is 505. The third kappa shape index (κ3) is 3.85. The summed E-state index contributed by atoms with van der Waals surface area (Å²) < 4.78 is 44.2. The highest BCUT2D eigenvalue weighted by Crippen LogP contribution is 2.32. The average molecular weight is 326 g/mol. The highest BCUT2D eigenvalue weighted by atomic mass is 79.9. The summed E-state index contributed by atoms with van der Waals surface area (Å²) in [6.45, 7) is 1.75. The Morgan fingerprint density at radius 3 is 2.65 bits per heavy atom. The van der Waals surface area contributed by atoms with Crippen molar-refractivity contribution in [2.75, 3.05) is 17.6 Å². The van der Waals surface area contributed by atoms with Crippen LogP contribution in [0.5, 0.6) is 5.75 Å². The minimum Gasteiger partial charge on any atom is -0.492 e. The first-order chi connectivity index (χ1) is 7.89. The molecule has 0 aliphatic carbocycles. The molecule has 1 rings (SSSR count). The van der Waals surface area contributed by atoms with Crippen LogP contribution in [-0.4, -0.2) is 21.3 Å². The summed E-state index contributed by atoms with van der Waals surface area (Å²) in [6, 6.07) is 2.66. The van der Waals surface area contributed by atoms with Gasteiger partial charge >= 0.3 is 0 Å². The van der Waals surface area contributed by atoms with E-state index in [1.807, 2.05) is 0 Å². The molecular weight excluding hydrogens is 313 g/mol. The number of rotatable bonds is 5. The van der Waals surface area contributed by atoms with Crippen LogP contribution in [-0.2, 0) is 10.0 Å². The lowest BCUT2D eigenvalue weighted by Crippen LogP contribution is -2.17. The van der Waals surface area contributed by atoms with E-state index in [0.717, 1.165) is 0 Å². The van der Waals surface area contributed by atoms with E-state index in [1.54, 1.807) is 6.92 Å². The molecule has 0 aliphatic heterocycles. The van der Waals surface area contributed by atoms with Gasteiger partial charge < -0.3 is 4.74 Å². The maximum Gasteiger partial charge on any atom is 0.232 e. The van der Waals surface area contributed by atoms with E-state index in [4.69, 9.17) is 4.74 Å². The maximum absolute atomic E-state index is 13.5. The van der Waals surface area contributed by atoms with Crippen molar-refractivity contribution < 1.29 is 17.5 Å². The van der Waals surface area contributed by atoms with Gasteiger partial charge in [0.25, 0.3) is 0 Å². The van der Waals surface area contributed by atoms with E-state index >= 15 is 0 Å². The minimum absolute atomic E-state index is 0.0235. The van der Waals surface area contributed by atoms with E-state index in [2.05, 4.69) is 20.7 Å². The largest absolute Gasteiger partial charge is 0.492 e. The fraction of sp³-hybridized carbons (Fsp3) is 0.400. The lowest BCUT2D eigenvalue weighted by molar-refractivity contribution is 0.388. The summed E-state index contributed by atoms with van der Waals surface area (Å²) in [5.41, 5.74) is 0.0906. The van der Waals surface area contributed by atoms with Crippen LogP contribution in [0.4, 0.5) is 10.1 Å². The second-order valence-electron chi connectivity index (χ2n) is 3.39. The first-order valence-corrected chi connectivity index (χ1v) is 7.37. The van der Waals surface area contributed by atoms with Gasteiger partial charge in [0.1, 0.15) is 0 Å². The normalized spacial score (nSPS) is 11.3. The number of benzene rings is 1. The van der Waals surface area contributed by atoms with Crippen LogP contribution in [0, 0.1) is 5.82 Å². The molecule has 0 radical (unpaired) electrons. The SMILES string of the molecule is CCCS(=O)(=O)Nc1cc(Br)cc(F)c1OC. The van der Waals surface area contributed by atoms with E-state index in [0.29, 0.717) is 10.9 Å². The van der Waals surface area contributed by atoms with Crippen molar-refractivity contribution in [3.05, 3.63) is 22.4 Å². The van der Waals surface area contributed by atoms with Gasteiger partial charge in [0, 0.05) is 4.47 Å². The molecule has 0 saturated heterocycles. The van der Waals surface area contributed by atoms with Gasteiger partial charge in [-0.2, -0.15) is 0 Å². The second kappa shape index (κ2) is 5.68. The third-order valence-corrected chi connectivity index (χ3v) is 3.89. The van der Waals surface area contributed by atoms with Crippen LogP contribution in [0.15, 0.2) is 16.6 Å². The molecule has 0 bridgehead atoms. The number of methoxy groups -OCH3 is 1. The summed E-state index contributed by atoms with van der Waals surface area (Å²) >= 11 is 3.09. The van der Waals surface area contributed by atoms with E-state index in [1.165, 1.54) is 19.2 Å². The van der Waals surface area contributed by atoms with Crippen molar-refractivity contribution in [3.63, 3.8) is 0 Å². The van der Waals surface area contributed by atoms with Crippen LogP contribution in [0.3, 0.4) is 0 Å². The van der Waals surface area contributed by atoms with E-state index < -0.39 is 15.8 Å². The smallest absolute Gasteiger partial charge is 0.232 e. The highest BCUT2D eigenvalue weighted by Gasteiger charge is 2.16. The van der Waals surface area contributed by atoms with Gasteiger partial charge in [-0.3, -0.25) is 4.72 Å². The molecule has 0 heterocycles. The highest BCUT2D eigenvalue weighted by molar-refractivity contribution is 9.10. The molecular formula is C10H13BrFNO3S.